The van der Waals surface area contributed by atoms with E-state index in [2.05, 4.69) is 20.3 Å². The largest absolute Gasteiger partial charge is 0.370 e. The number of nitrogens with two attached hydrogens (primary N) is 3. The Kier molecular flexibility index (Phi) is 3.92. The van der Waals surface area contributed by atoms with Gasteiger partial charge in [0.25, 0.3) is 0 Å². The van der Waals surface area contributed by atoms with E-state index in [1.54, 1.807) is 6.20 Å². The number of aromatic nitrogens is 2. The van der Waals surface area contributed by atoms with Gasteiger partial charge < -0.3 is 22.5 Å². The molecule has 0 aliphatic rings. The summed E-state index contributed by atoms with van der Waals surface area (Å²) in [6, 6.07) is -0.583. The first-order valence-electron chi connectivity index (χ1n) is 5.08. The Morgan fingerprint density at radius 2 is 2.21 bits per heavy atom. The Labute approximate surface area is 116 Å². The lowest BCUT2D eigenvalue weighted by atomic mass is 10.4. The van der Waals surface area contributed by atoms with Crippen LogP contribution in [0.1, 0.15) is 5.01 Å². The van der Waals surface area contributed by atoms with E-state index in [4.69, 9.17) is 17.2 Å². The van der Waals surface area contributed by atoms with Crippen LogP contribution in [0.3, 0.4) is 0 Å². The van der Waals surface area contributed by atoms with Crippen molar-refractivity contribution < 1.29 is 4.79 Å². The third-order valence-corrected chi connectivity index (χ3v) is 3.69. The number of amides is 2. The van der Waals surface area contributed by atoms with Crippen molar-refractivity contribution in [1.82, 2.24) is 15.3 Å². The second kappa shape index (κ2) is 5.63. The van der Waals surface area contributed by atoms with E-state index < -0.39 is 6.03 Å². The lowest BCUT2D eigenvalue weighted by Crippen LogP contribution is -2.28. The maximum absolute atomic E-state index is 10.6. The molecule has 0 unspecified atom stereocenters. The number of thiazole rings is 2. The number of primary amides is 1. The van der Waals surface area contributed by atoms with Crippen LogP contribution < -0.4 is 22.5 Å². The maximum Gasteiger partial charge on any atom is 0.312 e. The third kappa shape index (κ3) is 3.63. The van der Waals surface area contributed by atoms with Crippen molar-refractivity contribution >= 4 is 39.8 Å². The van der Waals surface area contributed by atoms with Crippen molar-refractivity contribution in [3.8, 4) is 10.6 Å². The fourth-order valence-corrected chi connectivity index (χ4v) is 2.81. The van der Waals surface area contributed by atoms with Gasteiger partial charge in [-0.25, -0.2) is 14.8 Å². The molecule has 0 fully saturated rings. The van der Waals surface area contributed by atoms with Gasteiger partial charge in [-0.15, -0.1) is 22.7 Å². The highest BCUT2D eigenvalue weighted by Crippen LogP contribution is 2.30. The number of hydrogen-bond donors (Lipinski definition) is 4. The molecule has 10 heteroatoms. The summed E-state index contributed by atoms with van der Waals surface area (Å²) in [6.45, 7) is 0.297. The number of nitrogens with one attached hydrogen (secondary N) is 1. The van der Waals surface area contributed by atoms with Crippen LogP contribution in [0.15, 0.2) is 16.6 Å². The molecule has 0 atom stereocenters. The number of nitrogens with zero attached hydrogens (tertiary/aromatic N) is 3. The van der Waals surface area contributed by atoms with Crippen LogP contribution in [0.4, 0.5) is 9.93 Å². The Morgan fingerprint density at radius 1 is 1.42 bits per heavy atom. The molecule has 0 aliphatic carbocycles. The molecule has 0 saturated heterocycles. The van der Waals surface area contributed by atoms with Gasteiger partial charge in [0.1, 0.15) is 5.01 Å². The quantitative estimate of drug-likeness (QED) is 0.475. The van der Waals surface area contributed by atoms with Crippen LogP contribution in [0, 0.1) is 0 Å². The predicted molar refractivity (Wildman–Crippen MR) is 75.1 cm³/mol. The first kappa shape index (κ1) is 13.2. The Morgan fingerprint density at radius 3 is 2.89 bits per heavy atom. The summed E-state index contributed by atoms with van der Waals surface area (Å²) in [5, 5.41) is 5.53. The molecule has 0 saturated carbocycles. The molecule has 7 N–H and O–H groups in total. The van der Waals surface area contributed by atoms with Gasteiger partial charge in [-0.2, -0.15) is 4.99 Å². The first-order valence-corrected chi connectivity index (χ1v) is 6.78. The monoisotopic (exact) mass is 297 g/mol. The minimum absolute atomic E-state index is 0.0310. The van der Waals surface area contributed by atoms with E-state index in [-0.39, 0.29) is 5.96 Å². The fraction of sp³-hybridized carbons (Fsp3) is 0.111. The van der Waals surface area contributed by atoms with Gasteiger partial charge in [0.15, 0.2) is 5.96 Å². The zero-order valence-electron chi connectivity index (χ0n) is 9.66. The van der Waals surface area contributed by atoms with Gasteiger partial charge in [0, 0.05) is 11.6 Å². The summed E-state index contributed by atoms with van der Waals surface area (Å²) in [5.74, 6) is -0.0310. The molecule has 100 valence electrons. The van der Waals surface area contributed by atoms with Gasteiger partial charge >= 0.3 is 6.03 Å². The molecule has 0 radical (unpaired) electrons. The predicted octanol–water partition coefficient (Wildman–Crippen LogP) is 0.340. The van der Waals surface area contributed by atoms with Gasteiger partial charge in [0.05, 0.1) is 17.1 Å². The highest BCUT2D eigenvalue weighted by molar-refractivity contribution is 7.16. The van der Waals surface area contributed by atoms with Gasteiger partial charge in [-0.3, -0.25) is 0 Å². The van der Waals surface area contributed by atoms with E-state index >= 15 is 0 Å². The zero-order valence-corrected chi connectivity index (χ0v) is 11.3. The van der Waals surface area contributed by atoms with E-state index in [9.17, 15) is 4.79 Å². The summed E-state index contributed by atoms with van der Waals surface area (Å²) < 4.78 is 0. The SMILES string of the molecule is NC(=O)NCc1ncc(-c2csc(N=C(N)N)n2)s1. The number of guanidine groups is 1. The molecule has 2 aromatic rings. The van der Waals surface area contributed by atoms with Crippen molar-refractivity contribution in [1.29, 1.82) is 0 Å². The molecule has 8 nitrogen and oxygen atoms in total. The number of carbonyl (C=O) groups excluding carboxylic acids is 1. The molecule has 19 heavy (non-hydrogen) atoms. The van der Waals surface area contributed by atoms with Crippen molar-refractivity contribution in [2.24, 2.45) is 22.2 Å². The Balaban J connectivity index is 2.12. The summed E-state index contributed by atoms with van der Waals surface area (Å²) in [4.78, 5) is 23.7. The van der Waals surface area contributed by atoms with Crippen molar-refractivity contribution in [2.75, 3.05) is 0 Å². The molecule has 0 aromatic carbocycles. The number of hydrogen-bond acceptors (Lipinski definition) is 6. The average Bonchev–Trinajstić information content (AvgIpc) is 2.93. The number of rotatable bonds is 4. The van der Waals surface area contributed by atoms with Gasteiger partial charge in [0.2, 0.25) is 5.13 Å². The highest BCUT2D eigenvalue weighted by atomic mass is 32.1. The number of urea groups is 1. The maximum atomic E-state index is 10.6. The molecule has 0 spiro atoms. The van der Waals surface area contributed by atoms with Crippen LogP contribution in [-0.2, 0) is 6.54 Å². The summed E-state index contributed by atoms with van der Waals surface area (Å²) in [6.07, 6.45) is 1.68. The molecule has 2 heterocycles. The lowest BCUT2D eigenvalue weighted by Gasteiger charge is -1.95. The fourth-order valence-electron chi connectivity index (χ4n) is 1.21. The summed E-state index contributed by atoms with van der Waals surface area (Å²) in [7, 11) is 0. The van der Waals surface area contributed by atoms with E-state index in [0.717, 1.165) is 15.6 Å². The Bertz CT molecular complexity index is 614. The second-order valence-corrected chi connectivity index (χ2v) is 5.34. The standard InChI is InChI=1S/C9H11N7OS2/c10-7(11)16-9-15-4(3-18-9)5-1-13-6(19-5)2-14-8(12)17/h1,3H,2H2,(H3,12,14,17)(H4,10,11,15,16). The lowest BCUT2D eigenvalue weighted by molar-refractivity contribution is 0.248. The van der Waals surface area contributed by atoms with E-state index in [0.29, 0.717) is 11.7 Å². The third-order valence-electron chi connectivity index (χ3n) is 1.94. The minimum atomic E-state index is -0.583. The summed E-state index contributed by atoms with van der Waals surface area (Å²) in [5.41, 5.74) is 16.3. The topological polar surface area (TPSA) is 145 Å². The van der Waals surface area contributed by atoms with Crippen LogP contribution in [0.5, 0.6) is 0 Å². The molecular weight excluding hydrogens is 286 g/mol. The normalized spacial score (nSPS) is 10.1. The van der Waals surface area contributed by atoms with E-state index in [1.165, 1.54) is 22.7 Å². The van der Waals surface area contributed by atoms with E-state index in [1.807, 2.05) is 5.38 Å². The number of carbonyl (C=O) groups is 1. The smallest absolute Gasteiger partial charge is 0.312 e. The molecule has 2 amide bonds. The Hall–Kier alpha value is -2.20. The second-order valence-electron chi connectivity index (χ2n) is 3.39. The van der Waals surface area contributed by atoms with Crippen molar-refractivity contribution in [3.05, 3.63) is 16.6 Å². The van der Waals surface area contributed by atoms with Crippen LogP contribution in [0.25, 0.3) is 10.6 Å². The molecule has 2 aromatic heterocycles. The van der Waals surface area contributed by atoms with Gasteiger partial charge in [-0.05, 0) is 0 Å². The van der Waals surface area contributed by atoms with Crippen LogP contribution >= 0.6 is 22.7 Å². The van der Waals surface area contributed by atoms with Gasteiger partial charge in [-0.1, -0.05) is 0 Å². The highest BCUT2D eigenvalue weighted by Gasteiger charge is 2.09. The molecular formula is C9H11N7OS2. The van der Waals surface area contributed by atoms with Crippen molar-refractivity contribution in [3.63, 3.8) is 0 Å². The average molecular weight is 297 g/mol. The molecule has 2 rings (SSSR count). The van der Waals surface area contributed by atoms with Crippen LogP contribution in [0.2, 0.25) is 0 Å². The molecule has 0 bridgehead atoms. The molecule has 0 aliphatic heterocycles. The summed E-state index contributed by atoms with van der Waals surface area (Å²) >= 11 is 2.74. The van der Waals surface area contributed by atoms with Crippen LogP contribution in [-0.4, -0.2) is 22.0 Å². The van der Waals surface area contributed by atoms with Crippen molar-refractivity contribution in [2.45, 2.75) is 6.54 Å². The minimum Gasteiger partial charge on any atom is -0.370 e. The first-order chi connectivity index (χ1) is 9.04. The number of aliphatic imine (C=N–C) groups is 1. The zero-order chi connectivity index (χ0) is 13.8.